The first-order valence-corrected chi connectivity index (χ1v) is 16.7. The zero-order valence-electron chi connectivity index (χ0n) is 25.2. The van der Waals surface area contributed by atoms with Gasteiger partial charge in [0, 0.05) is 30.1 Å². The van der Waals surface area contributed by atoms with Crippen molar-refractivity contribution >= 4 is 50.9 Å². The van der Waals surface area contributed by atoms with Gasteiger partial charge in [-0.25, -0.2) is 17.6 Å². The molecule has 5 rings (SSSR count). The lowest BCUT2D eigenvalue weighted by molar-refractivity contribution is -0.158. The molecule has 3 atom stereocenters. The Morgan fingerprint density at radius 1 is 1.11 bits per heavy atom. The Bertz CT molecular complexity index is 1740. The van der Waals surface area contributed by atoms with Crippen LogP contribution in [0.1, 0.15) is 57.6 Å². The average Bonchev–Trinajstić information content (AvgIpc) is 3.52. The van der Waals surface area contributed by atoms with Crippen LogP contribution in [0.5, 0.6) is 0 Å². The molecule has 2 saturated heterocycles. The third-order valence-electron chi connectivity index (χ3n) is 8.49. The zero-order valence-corrected chi connectivity index (χ0v) is 27.5. The van der Waals surface area contributed by atoms with Gasteiger partial charge in [0.1, 0.15) is 23.0 Å². The van der Waals surface area contributed by atoms with Gasteiger partial charge < -0.3 is 15.0 Å². The van der Waals surface area contributed by atoms with Crippen molar-refractivity contribution in [3.05, 3.63) is 63.4 Å². The molecule has 0 aromatic heterocycles. The SMILES string of the molecule is Cc1ccc(S(=O)(=O)[C@@H]2C[C@@H](C(=O)NC3(C#N)CC3)N(C(=O)C3(c4ccc(Cl)cc4F)CCN3C(=O)OC(C)(C)C)C2)c(Cl)c1. The number of benzene rings is 2. The number of halogens is 3. The maximum atomic E-state index is 15.6. The quantitative estimate of drug-likeness (QED) is 0.459. The van der Waals surface area contributed by atoms with Gasteiger partial charge in [0.2, 0.25) is 5.91 Å². The molecule has 3 aliphatic rings. The van der Waals surface area contributed by atoms with E-state index >= 15 is 4.39 Å². The summed E-state index contributed by atoms with van der Waals surface area (Å²) < 4.78 is 49.0. The number of sulfone groups is 1. The second-order valence-corrected chi connectivity index (χ2v) is 15.9. The summed E-state index contributed by atoms with van der Waals surface area (Å²) in [4.78, 5) is 43.9. The topological polar surface area (TPSA) is 137 Å². The van der Waals surface area contributed by atoms with Crippen LogP contribution in [0, 0.1) is 24.1 Å². The van der Waals surface area contributed by atoms with Crippen molar-refractivity contribution in [2.75, 3.05) is 13.1 Å². The number of ether oxygens (including phenoxy) is 1. The highest BCUT2D eigenvalue weighted by Gasteiger charge is 2.61. The molecule has 3 fully saturated rings. The minimum Gasteiger partial charge on any atom is -0.444 e. The minimum atomic E-state index is -4.19. The third kappa shape index (κ3) is 5.98. The Morgan fingerprint density at radius 2 is 1.80 bits per heavy atom. The fourth-order valence-corrected chi connectivity index (χ4v) is 8.37. The number of nitrogens with one attached hydrogen (secondary N) is 1. The van der Waals surface area contributed by atoms with Gasteiger partial charge >= 0.3 is 6.09 Å². The number of aryl methyl sites for hydroxylation is 1. The van der Waals surface area contributed by atoms with Crippen molar-refractivity contribution in [2.45, 2.75) is 86.2 Å². The molecule has 1 saturated carbocycles. The molecule has 45 heavy (non-hydrogen) atoms. The first-order valence-electron chi connectivity index (χ1n) is 14.4. The Labute approximate surface area is 271 Å². The molecule has 14 heteroatoms. The maximum Gasteiger partial charge on any atom is 0.411 e. The molecule has 240 valence electrons. The van der Waals surface area contributed by atoms with Crippen LogP contribution in [-0.2, 0) is 29.7 Å². The van der Waals surface area contributed by atoms with Gasteiger partial charge in [-0.1, -0.05) is 35.3 Å². The van der Waals surface area contributed by atoms with E-state index in [1.165, 1.54) is 24.3 Å². The first-order chi connectivity index (χ1) is 20.9. The highest BCUT2D eigenvalue weighted by molar-refractivity contribution is 7.92. The Hall–Kier alpha value is -3.40. The Balaban J connectivity index is 1.59. The molecule has 2 aliphatic heterocycles. The number of nitrogens with zero attached hydrogens (tertiary/aromatic N) is 3. The van der Waals surface area contributed by atoms with Crippen LogP contribution in [0.3, 0.4) is 0 Å². The molecule has 1 aliphatic carbocycles. The molecular weight excluding hydrogens is 646 g/mol. The molecule has 1 N–H and O–H groups in total. The van der Waals surface area contributed by atoms with Gasteiger partial charge in [0.25, 0.3) is 5.91 Å². The number of carbonyl (C=O) groups is 3. The van der Waals surface area contributed by atoms with Crippen molar-refractivity contribution < 1.29 is 31.9 Å². The zero-order chi connectivity index (χ0) is 33.1. The largest absolute Gasteiger partial charge is 0.444 e. The highest BCUT2D eigenvalue weighted by atomic mass is 35.5. The average molecular weight is 680 g/mol. The summed E-state index contributed by atoms with van der Waals surface area (Å²) in [5.41, 5.74) is -3.44. The lowest BCUT2D eigenvalue weighted by atomic mass is 9.76. The number of amides is 3. The van der Waals surface area contributed by atoms with Gasteiger partial charge in [0.05, 0.1) is 21.2 Å². The molecule has 1 unspecified atom stereocenters. The summed E-state index contributed by atoms with van der Waals surface area (Å²) in [5, 5.41) is 11.1. The lowest BCUT2D eigenvalue weighted by Gasteiger charge is -2.52. The normalized spacial score (nSPS) is 24.0. The second kappa shape index (κ2) is 11.4. The van der Waals surface area contributed by atoms with E-state index in [0.29, 0.717) is 12.8 Å². The second-order valence-electron chi connectivity index (χ2n) is 12.9. The molecule has 3 amide bonds. The van der Waals surface area contributed by atoms with Gasteiger partial charge in [-0.05, 0) is 76.8 Å². The van der Waals surface area contributed by atoms with E-state index in [-0.39, 0.29) is 39.9 Å². The Morgan fingerprint density at radius 3 is 2.33 bits per heavy atom. The molecule has 2 heterocycles. The van der Waals surface area contributed by atoms with Crippen LogP contribution in [0.15, 0.2) is 41.3 Å². The summed E-state index contributed by atoms with van der Waals surface area (Å²) in [5.74, 6) is -2.43. The van der Waals surface area contributed by atoms with Crippen LogP contribution in [-0.4, -0.2) is 71.6 Å². The van der Waals surface area contributed by atoms with E-state index < -0.39 is 68.1 Å². The number of nitriles is 1. The molecule has 10 nitrogen and oxygen atoms in total. The maximum absolute atomic E-state index is 15.6. The monoisotopic (exact) mass is 678 g/mol. The predicted molar refractivity (Wildman–Crippen MR) is 164 cm³/mol. The molecule has 2 aromatic carbocycles. The van der Waals surface area contributed by atoms with Crippen molar-refractivity contribution in [1.82, 2.24) is 15.1 Å². The van der Waals surface area contributed by atoms with Crippen LogP contribution >= 0.6 is 23.2 Å². The molecule has 0 radical (unpaired) electrons. The first kappa shape index (κ1) is 33.0. The number of hydrogen-bond donors (Lipinski definition) is 1. The number of carbonyl (C=O) groups excluding carboxylic acids is 3. The van der Waals surface area contributed by atoms with Crippen molar-refractivity contribution in [1.29, 1.82) is 5.26 Å². The smallest absolute Gasteiger partial charge is 0.411 e. The number of likely N-dealkylation sites (tertiary alicyclic amines) is 2. The number of rotatable bonds is 6. The molecule has 0 bridgehead atoms. The van der Waals surface area contributed by atoms with Crippen molar-refractivity contribution in [3.63, 3.8) is 0 Å². The van der Waals surface area contributed by atoms with Crippen LogP contribution < -0.4 is 5.32 Å². The third-order valence-corrected chi connectivity index (χ3v) is 11.3. The van der Waals surface area contributed by atoms with Crippen molar-refractivity contribution in [3.8, 4) is 6.07 Å². The van der Waals surface area contributed by atoms with Gasteiger partial charge in [-0.15, -0.1) is 0 Å². The van der Waals surface area contributed by atoms with Gasteiger partial charge in [-0.3, -0.25) is 14.5 Å². The van der Waals surface area contributed by atoms with Gasteiger partial charge in [-0.2, -0.15) is 5.26 Å². The van der Waals surface area contributed by atoms with E-state index in [9.17, 15) is 28.1 Å². The Kier molecular flexibility index (Phi) is 8.38. The van der Waals surface area contributed by atoms with Crippen LogP contribution in [0.4, 0.5) is 9.18 Å². The number of hydrogen-bond acceptors (Lipinski definition) is 7. The van der Waals surface area contributed by atoms with Crippen molar-refractivity contribution in [2.24, 2.45) is 0 Å². The van der Waals surface area contributed by atoms with E-state index in [2.05, 4.69) is 11.4 Å². The van der Waals surface area contributed by atoms with Crippen LogP contribution in [0.2, 0.25) is 10.0 Å². The van der Waals surface area contributed by atoms with Crippen LogP contribution in [0.25, 0.3) is 0 Å². The highest BCUT2D eigenvalue weighted by Crippen LogP contribution is 2.47. The summed E-state index contributed by atoms with van der Waals surface area (Å²) in [6.45, 7) is 6.28. The summed E-state index contributed by atoms with van der Waals surface area (Å²) in [6, 6.07) is 8.89. The minimum absolute atomic E-state index is 0.00279. The molecular formula is C31H33Cl2FN4O6S. The van der Waals surface area contributed by atoms with E-state index in [4.69, 9.17) is 27.9 Å². The molecule has 0 spiro atoms. The lowest BCUT2D eigenvalue weighted by Crippen LogP contribution is -2.69. The summed E-state index contributed by atoms with van der Waals surface area (Å²) in [6.07, 6.45) is -0.408. The van der Waals surface area contributed by atoms with E-state index in [1.54, 1.807) is 33.8 Å². The fraction of sp³-hybridized carbons (Fsp3) is 0.484. The standard InChI is InChI=1S/C31H33Cl2FN4O6S/c1-18-5-8-25(22(33)13-18)45(42,43)20-15-24(26(39)36-30(17-35)9-10-30)37(16-20)27(40)31(21-7-6-19(32)14-23(21)34)11-12-38(31)28(41)44-29(2,3)4/h5-8,13-14,20,24H,9-12,15-16H2,1-4H3,(H,36,39)/t20-,24+,31?/m1/s1. The van der Waals surface area contributed by atoms with E-state index in [0.717, 1.165) is 21.4 Å². The molecule has 2 aromatic rings. The van der Waals surface area contributed by atoms with E-state index in [1.807, 2.05) is 0 Å². The summed E-state index contributed by atoms with van der Waals surface area (Å²) in [7, 11) is -4.19. The summed E-state index contributed by atoms with van der Waals surface area (Å²) >= 11 is 12.4. The predicted octanol–water partition coefficient (Wildman–Crippen LogP) is 4.89. The fourth-order valence-electron chi connectivity index (χ4n) is 5.91. The van der Waals surface area contributed by atoms with Gasteiger partial charge in [0.15, 0.2) is 15.4 Å².